The first-order valence-electron chi connectivity index (χ1n) is 5.12. The quantitative estimate of drug-likeness (QED) is 0.590. The predicted molar refractivity (Wildman–Crippen MR) is 76.8 cm³/mol. The molecule has 0 aliphatic rings. The van der Waals surface area contributed by atoms with Gasteiger partial charge in [-0.1, -0.05) is 58.9 Å². The molecule has 84 valence electrons. The number of nitrogens with one attached hydrogen (secondary N) is 1. The maximum Gasteiger partial charge on any atom is 0.105 e. The van der Waals surface area contributed by atoms with E-state index in [0.29, 0.717) is 5.92 Å². The number of rotatable bonds is 3. The van der Waals surface area contributed by atoms with Crippen LogP contribution in [0.1, 0.15) is 25.3 Å². The zero-order valence-corrected chi connectivity index (χ0v) is 11.6. The highest BCUT2D eigenvalue weighted by molar-refractivity contribution is 7.80. The average molecular weight is 267 g/mol. The van der Waals surface area contributed by atoms with Gasteiger partial charge in [-0.2, -0.15) is 0 Å². The molecule has 1 nitrogen and oxygen atoms in total. The molecule has 0 spiro atoms. The number of hydrogen-bond acceptors (Lipinski definition) is 4. The highest BCUT2D eigenvalue weighted by atomic mass is 32.9. The van der Waals surface area contributed by atoms with E-state index in [9.17, 15) is 0 Å². The van der Waals surface area contributed by atoms with Crippen LogP contribution < -0.4 is 5.32 Å². The summed E-state index contributed by atoms with van der Waals surface area (Å²) in [6, 6.07) is 10.6. The molecule has 0 saturated heterocycles. The minimum absolute atomic E-state index is 0.581. The second kappa shape index (κ2) is 5.08. The molecule has 1 aromatic carbocycles. The maximum absolute atomic E-state index is 5.09. The molecule has 0 fully saturated rings. The van der Waals surface area contributed by atoms with Gasteiger partial charge in [0.2, 0.25) is 0 Å². The average Bonchev–Trinajstić information content (AvgIpc) is 2.65. The van der Waals surface area contributed by atoms with Crippen LogP contribution >= 0.6 is 32.9 Å². The van der Waals surface area contributed by atoms with Crippen LogP contribution in [-0.2, 0) is 0 Å². The predicted octanol–water partition coefficient (Wildman–Crippen LogP) is 5.41. The Balaban J connectivity index is 2.14. The van der Waals surface area contributed by atoms with Crippen molar-refractivity contribution in [2.45, 2.75) is 19.8 Å². The molecule has 0 atom stereocenters. The van der Waals surface area contributed by atoms with E-state index >= 15 is 0 Å². The second-order valence-corrected chi connectivity index (χ2v) is 6.81. The summed E-state index contributed by atoms with van der Waals surface area (Å²) in [5, 5.41) is 4.47. The normalized spacial score (nSPS) is 10.7. The second-order valence-electron chi connectivity index (χ2n) is 3.90. The Bertz CT molecular complexity index is 508. The van der Waals surface area contributed by atoms with Crippen molar-refractivity contribution in [2.75, 3.05) is 5.32 Å². The fraction of sp³-hybridized carbons (Fsp3) is 0.250. The number of hydrogen-bond donors (Lipinski definition) is 1. The third kappa shape index (κ3) is 2.90. The van der Waals surface area contributed by atoms with Gasteiger partial charge in [-0.05, 0) is 23.6 Å². The van der Waals surface area contributed by atoms with Crippen LogP contribution in [0.25, 0.3) is 0 Å². The fourth-order valence-electron chi connectivity index (χ4n) is 1.39. The lowest BCUT2D eigenvalue weighted by atomic mass is 10.0. The van der Waals surface area contributed by atoms with Gasteiger partial charge in [0.1, 0.15) is 8.82 Å². The van der Waals surface area contributed by atoms with Gasteiger partial charge in [0.25, 0.3) is 0 Å². The lowest BCUT2D eigenvalue weighted by Crippen LogP contribution is -1.90. The molecule has 0 aliphatic carbocycles. The van der Waals surface area contributed by atoms with Crippen molar-refractivity contribution in [3.63, 3.8) is 0 Å². The zero-order valence-electron chi connectivity index (χ0n) is 9.19. The van der Waals surface area contributed by atoms with E-state index in [1.807, 2.05) is 6.07 Å². The maximum atomic E-state index is 5.09. The highest BCUT2D eigenvalue weighted by Gasteiger charge is 2.00. The Morgan fingerprint density at radius 2 is 1.81 bits per heavy atom. The summed E-state index contributed by atoms with van der Waals surface area (Å²) in [5.41, 5.74) is 2.48. The standard InChI is InChI=1S/C12H13NS3/c1-8(2)9-3-5-10(6-4-9)13-11-7-12(14)16-15-11/h3-8,13H,1-2H3. The van der Waals surface area contributed by atoms with Crippen molar-refractivity contribution in [3.8, 4) is 0 Å². The van der Waals surface area contributed by atoms with Gasteiger partial charge in [0, 0.05) is 11.8 Å². The van der Waals surface area contributed by atoms with E-state index in [1.54, 1.807) is 20.7 Å². The SMILES string of the molecule is CC(C)c1ccc(Nc2cc(=S)ss2)cc1. The van der Waals surface area contributed by atoms with Gasteiger partial charge >= 0.3 is 0 Å². The first-order chi connectivity index (χ1) is 7.65. The van der Waals surface area contributed by atoms with E-state index in [1.165, 1.54) is 5.56 Å². The van der Waals surface area contributed by atoms with Crippen LogP contribution in [0.4, 0.5) is 10.7 Å². The van der Waals surface area contributed by atoms with Crippen molar-refractivity contribution in [2.24, 2.45) is 0 Å². The summed E-state index contributed by atoms with van der Waals surface area (Å²) in [5.74, 6) is 0.581. The molecule has 0 saturated carbocycles. The van der Waals surface area contributed by atoms with Crippen molar-refractivity contribution >= 4 is 43.6 Å². The molecular weight excluding hydrogens is 254 g/mol. The van der Waals surface area contributed by atoms with Gasteiger partial charge in [0.15, 0.2) is 0 Å². The molecular formula is C12H13NS3. The summed E-state index contributed by atoms with van der Waals surface area (Å²) in [6.07, 6.45) is 0. The van der Waals surface area contributed by atoms with Gasteiger partial charge in [0.05, 0.1) is 0 Å². The lowest BCUT2D eigenvalue weighted by Gasteiger charge is -2.07. The summed E-state index contributed by atoms with van der Waals surface area (Å²) in [6.45, 7) is 4.40. The number of anilines is 2. The fourth-order valence-corrected chi connectivity index (χ4v) is 3.56. The van der Waals surface area contributed by atoms with Crippen LogP contribution in [0.5, 0.6) is 0 Å². The summed E-state index contributed by atoms with van der Waals surface area (Å²) < 4.78 is 0.936. The first-order valence-corrected chi connectivity index (χ1v) is 7.68. The van der Waals surface area contributed by atoms with Gasteiger partial charge in [-0.3, -0.25) is 0 Å². The molecule has 1 aromatic heterocycles. The van der Waals surface area contributed by atoms with E-state index in [-0.39, 0.29) is 0 Å². The highest BCUT2D eigenvalue weighted by Crippen LogP contribution is 2.27. The Morgan fingerprint density at radius 1 is 1.12 bits per heavy atom. The monoisotopic (exact) mass is 267 g/mol. The van der Waals surface area contributed by atoms with Gasteiger partial charge < -0.3 is 5.32 Å². The van der Waals surface area contributed by atoms with Crippen molar-refractivity contribution < 1.29 is 0 Å². The van der Waals surface area contributed by atoms with Crippen LogP contribution in [0.2, 0.25) is 0 Å². The van der Waals surface area contributed by atoms with Gasteiger partial charge in [-0.25, -0.2) is 0 Å². The third-order valence-electron chi connectivity index (χ3n) is 2.31. The minimum Gasteiger partial charge on any atom is -0.347 e. The topological polar surface area (TPSA) is 12.0 Å². The Hall–Kier alpha value is -0.710. The van der Waals surface area contributed by atoms with E-state index < -0.39 is 0 Å². The van der Waals surface area contributed by atoms with Crippen LogP contribution in [0, 0.1) is 3.82 Å². The molecule has 1 N–H and O–H groups in total. The molecule has 0 amide bonds. The Labute approximate surface area is 108 Å². The molecule has 0 unspecified atom stereocenters. The summed E-state index contributed by atoms with van der Waals surface area (Å²) in [4.78, 5) is 0. The third-order valence-corrected chi connectivity index (χ3v) is 5.08. The van der Waals surface area contributed by atoms with E-state index in [2.05, 4.69) is 43.4 Å². The zero-order chi connectivity index (χ0) is 11.5. The molecule has 16 heavy (non-hydrogen) atoms. The number of benzene rings is 1. The van der Waals surface area contributed by atoms with Crippen LogP contribution in [-0.4, -0.2) is 0 Å². The van der Waals surface area contributed by atoms with Gasteiger partial charge in [-0.15, -0.1) is 0 Å². The minimum atomic E-state index is 0.581. The Morgan fingerprint density at radius 3 is 2.31 bits per heavy atom. The van der Waals surface area contributed by atoms with Crippen LogP contribution in [0.15, 0.2) is 30.3 Å². The van der Waals surface area contributed by atoms with Crippen molar-refractivity contribution in [1.82, 2.24) is 0 Å². The molecule has 4 heteroatoms. The molecule has 2 rings (SSSR count). The van der Waals surface area contributed by atoms with Crippen molar-refractivity contribution in [1.29, 1.82) is 0 Å². The van der Waals surface area contributed by atoms with E-state index in [0.717, 1.165) is 14.5 Å². The summed E-state index contributed by atoms with van der Waals surface area (Å²) >= 11 is 5.09. The molecule has 0 radical (unpaired) electrons. The molecule has 0 bridgehead atoms. The smallest absolute Gasteiger partial charge is 0.105 e. The van der Waals surface area contributed by atoms with Crippen LogP contribution in [0.3, 0.4) is 0 Å². The van der Waals surface area contributed by atoms with E-state index in [4.69, 9.17) is 12.2 Å². The lowest BCUT2D eigenvalue weighted by molar-refractivity contribution is 0.867. The van der Waals surface area contributed by atoms with Crippen molar-refractivity contribution in [3.05, 3.63) is 39.7 Å². The summed E-state index contributed by atoms with van der Waals surface area (Å²) in [7, 11) is 3.31. The molecule has 2 aromatic rings. The first kappa shape index (κ1) is 11.8. The molecule has 1 heterocycles. The molecule has 0 aliphatic heterocycles. The Kier molecular flexibility index (Phi) is 3.74. The largest absolute Gasteiger partial charge is 0.347 e.